The van der Waals surface area contributed by atoms with Gasteiger partial charge in [-0.1, -0.05) is 0 Å². The van der Waals surface area contributed by atoms with E-state index in [1.54, 1.807) is 37.8 Å². The van der Waals surface area contributed by atoms with Crippen LogP contribution in [0.4, 0.5) is 0 Å². The van der Waals surface area contributed by atoms with Crippen molar-refractivity contribution in [3.05, 3.63) is 40.2 Å². The third-order valence-electron chi connectivity index (χ3n) is 3.69. The van der Waals surface area contributed by atoms with Gasteiger partial charge < -0.3 is 24.7 Å². The van der Waals surface area contributed by atoms with Crippen LogP contribution in [-0.4, -0.2) is 49.5 Å². The van der Waals surface area contributed by atoms with Crippen LogP contribution in [0.1, 0.15) is 29.5 Å². The molecule has 2 aromatic heterocycles. The molecule has 0 spiro atoms. The second kappa shape index (κ2) is 11.9. The summed E-state index contributed by atoms with van der Waals surface area (Å²) in [6, 6.07) is 3.60. The van der Waals surface area contributed by atoms with E-state index in [0.29, 0.717) is 24.8 Å². The van der Waals surface area contributed by atoms with Crippen LogP contribution in [0.5, 0.6) is 0 Å². The van der Waals surface area contributed by atoms with Crippen molar-refractivity contribution in [2.45, 2.75) is 26.1 Å². The van der Waals surface area contributed by atoms with Crippen LogP contribution in [0.15, 0.2) is 33.2 Å². The lowest BCUT2D eigenvalue weighted by atomic mass is 10.4. The molecule has 10 heteroatoms. The van der Waals surface area contributed by atoms with E-state index in [4.69, 9.17) is 9.15 Å². The van der Waals surface area contributed by atoms with Gasteiger partial charge in [-0.25, -0.2) is 4.98 Å². The zero-order valence-electron chi connectivity index (χ0n) is 15.9. The number of methoxy groups -OCH3 is 1. The first-order valence-electron chi connectivity index (χ1n) is 8.21. The first-order chi connectivity index (χ1) is 12.5. The number of furan rings is 1. The number of halogens is 1. The topological polar surface area (TPSA) is 92.0 Å². The second-order valence-electron chi connectivity index (χ2n) is 5.67. The molecule has 0 radical (unpaired) electrons. The van der Waals surface area contributed by atoms with Gasteiger partial charge in [0.15, 0.2) is 5.96 Å². The van der Waals surface area contributed by atoms with Crippen molar-refractivity contribution in [1.29, 1.82) is 0 Å². The summed E-state index contributed by atoms with van der Waals surface area (Å²) in [6.45, 7) is 3.04. The van der Waals surface area contributed by atoms with Crippen LogP contribution in [0.3, 0.4) is 0 Å². The molecule has 0 aliphatic rings. The number of ether oxygens (including phenoxy) is 1. The summed E-state index contributed by atoms with van der Waals surface area (Å²) in [5.74, 6) is 1.19. The molecule has 0 saturated heterocycles. The van der Waals surface area contributed by atoms with Crippen LogP contribution in [-0.2, 0) is 22.6 Å². The molecule has 2 aromatic rings. The fourth-order valence-electron chi connectivity index (χ4n) is 2.21. The average Bonchev–Trinajstić information content (AvgIpc) is 3.31. The van der Waals surface area contributed by atoms with Gasteiger partial charge in [0.05, 0.1) is 31.6 Å². The van der Waals surface area contributed by atoms with Gasteiger partial charge in [-0.05, 0) is 19.1 Å². The molecule has 150 valence electrons. The molecule has 0 fully saturated rings. The molecular weight excluding hydrogens is 481 g/mol. The number of nitrogens with one attached hydrogen (secondary N) is 2. The molecule has 0 aliphatic carbocycles. The molecule has 2 heterocycles. The highest BCUT2D eigenvalue weighted by Gasteiger charge is 2.13. The Hall–Kier alpha value is -1.66. The van der Waals surface area contributed by atoms with Crippen LogP contribution in [0.25, 0.3) is 0 Å². The van der Waals surface area contributed by atoms with Crippen molar-refractivity contribution in [3.63, 3.8) is 0 Å². The summed E-state index contributed by atoms with van der Waals surface area (Å²) in [7, 11) is 5.24. The third-order valence-corrected chi connectivity index (χ3v) is 4.74. The quantitative estimate of drug-likeness (QED) is 0.324. The van der Waals surface area contributed by atoms with E-state index in [2.05, 4.69) is 20.6 Å². The maximum atomic E-state index is 11.9. The second-order valence-corrected chi connectivity index (χ2v) is 6.56. The summed E-state index contributed by atoms with van der Waals surface area (Å²) in [4.78, 5) is 22.6. The third kappa shape index (κ3) is 7.46. The highest BCUT2D eigenvalue weighted by Crippen LogP contribution is 2.20. The SMILES string of the molecule is CN=C(NCC(=O)NCc1ccco1)N(C)Cc1csc(C(C)OC)n1.I. The number of carbonyl (C=O) groups excluding carboxylic acids is 1. The van der Waals surface area contributed by atoms with E-state index < -0.39 is 0 Å². The van der Waals surface area contributed by atoms with Gasteiger partial charge in [0.2, 0.25) is 5.91 Å². The Morgan fingerprint density at radius 3 is 2.89 bits per heavy atom. The minimum Gasteiger partial charge on any atom is -0.467 e. The van der Waals surface area contributed by atoms with Gasteiger partial charge in [-0.15, -0.1) is 35.3 Å². The highest BCUT2D eigenvalue weighted by molar-refractivity contribution is 14.0. The largest absolute Gasteiger partial charge is 0.467 e. The first-order valence-corrected chi connectivity index (χ1v) is 9.09. The molecule has 8 nitrogen and oxygen atoms in total. The van der Waals surface area contributed by atoms with Crippen molar-refractivity contribution in [1.82, 2.24) is 20.5 Å². The number of rotatable bonds is 8. The zero-order valence-corrected chi connectivity index (χ0v) is 19.0. The Morgan fingerprint density at radius 1 is 1.48 bits per heavy atom. The summed E-state index contributed by atoms with van der Waals surface area (Å²) < 4.78 is 10.5. The normalized spacial score (nSPS) is 12.2. The van der Waals surface area contributed by atoms with Gasteiger partial charge in [0.1, 0.15) is 16.9 Å². The first kappa shape index (κ1) is 23.4. The number of amides is 1. The molecular formula is C17H26IN5O3S. The summed E-state index contributed by atoms with van der Waals surface area (Å²) in [6.07, 6.45) is 1.56. The predicted molar refractivity (Wildman–Crippen MR) is 116 cm³/mol. The fraction of sp³-hybridized carbons (Fsp3) is 0.471. The van der Waals surface area contributed by atoms with Crippen molar-refractivity contribution < 1.29 is 13.9 Å². The van der Waals surface area contributed by atoms with E-state index in [1.807, 2.05) is 30.3 Å². The van der Waals surface area contributed by atoms with E-state index in [0.717, 1.165) is 10.7 Å². The average molecular weight is 507 g/mol. The molecule has 27 heavy (non-hydrogen) atoms. The van der Waals surface area contributed by atoms with E-state index >= 15 is 0 Å². The lowest BCUT2D eigenvalue weighted by Crippen LogP contribution is -2.43. The number of carbonyl (C=O) groups is 1. The van der Waals surface area contributed by atoms with Gasteiger partial charge in [-0.2, -0.15) is 0 Å². The van der Waals surface area contributed by atoms with Gasteiger partial charge in [0.25, 0.3) is 0 Å². The van der Waals surface area contributed by atoms with Crippen LogP contribution in [0, 0.1) is 0 Å². The number of nitrogens with zero attached hydrogens (tertiary/aromatic N) is 3. The van der Waals surface area contributed by atoms with Gasteiger partial charge in [0, 0.05) is 26.6 Å². The number of hydrogen-bond donors (Lipinski definition) is 2. The molecule has 2 N–H and O–H groups in total. The molecule has 0 aliphatic heterocycles. The number of thiazole rings is 1. The Kier molecular flexibility index (Phi) is 10.3. The molecule has 1 atom stereocenters. The fourth-order valence-corrected chi connectivity index (χ4v) is 3.05. The van der Waals surface area contributed by atoms with Crippen LogP contribution >= 0.6 is 35.3 Å². The van der Waals surface area contributed by atoms with Crippen LogP contribution < -0.4 is 10.6 Å². The molecule has 1 amide bonds. The predicted octanol–water partition coefficient (Wildman–Crippen LogP) is 2.39. The van der Waals surface area contributed by atoms with Gasteiger partial charge in [-0.3, -0.25) is 9.79 Å². The molecule has 0 aromatic carbocycles. The Labute approximate surface area is 180 Å². The van der Waals surface area contributed by atoms with Crippen LogP contribution in [0.2, 0.25) is 0 Å². The standard InChI is InChI=1S/C17H25N5O3S.HI/c1-12(24-4)16-21-13(11-26-16)10-22(3)17(18-2)20-9-15(23)19-8-14-6-5-7-25-14;/h5-7,11-12H,8-10H2,1-4H3,(H,18,20)(H,19,23);1H. The van der Waals surface area contributed by atoms with E-state index in [-0.39, 0.29) is 42.5 Å². The number of aromatic nitrogens is 1. The summed E-state index contributed by atoms with van der Waals surface area (Å²) >= 11 is 1.57. The maximum Gasteiger partial charge on any atom is 0.239 e. The van der Waals surface area contributed by atoms with Crippen molar-refractivity contribution in [3.8, 4) is 0 Å². The molecule has 2 rings (SSSR count). The Bertz CT molecular complexity index is 720. The number of aliphatic imine (C=N–C) groups is 1. The minimum atomic E-state index is -0.138. The van der Waals surface area contributed by atoms with E-state index in [1.165, 1.54) is 0 Å². The highest BCUT2D eigenvalue weighted by atomic mass is 127. The summed E-state index contributed by atoms with van der Waals surface area (Å²) in [5, 5.41) is 8.77. The number of guanidine groups is 1. The molecule has 0 bridgehead atoms. The zero-order chi connectivity index (χ0) is 18.9. The smallest absolute Gasteiger partial charge is 0.239 e. The Morgan fingerprint density at radius 2 is 2.26 bits per heavy atom. The molecule has 0 saturated carbocycles. The summed E-state index contributed by atoms with van der Waals surface area (Å²) in [5.41, 5.74) is 0.932. The van der Waals surface area contributed by atoms with Gasteiger partial charge >= 0.3 is 0 Å². The van der Waals surface area contributed by atoms with Crippen molar-refractivity contribution in [2.75, 3.05) is 27.7 Å². The number of hydrogen-bond acceptors (Lipinski definition) is 6. The monoisotopic (exact) mass is 507 g/mol. The Balaban J connectivity index is 0.00000364. The van der Waals surface area contributed by atoms with Crippen molar-refractivity contribution in [2.24, 2.45) is 4.99 Å². The molecule has 1 unspecified atom stereocenters. The van der Waals surface area contributed by atoms with E-state index in [9.17, 15) is 4.79 Å². The maximum absolute atomic E-state index is 11.9. The lowest BCUT2D eigenvalue weighted by Gasteiger charge is -2.21. The minimum absolute atomic E-state index is 0. The van der Waals surface area contributed by atoms with Crippen molar-refractivity contribution >= 4 is 47.2 Å². The lowest BCUT2D eigenvalue weighted by molar-refractivity contribution is -0.120.